The van der Waals surface area contributed by atoms with Gasteiger partial charge in [-0.05, 0) is 31.9 Å². The third-order valence-corrected chi connectivity index (χ3v) is 5.84. The maximum Gasteiger partial charge on any atom is 0.511 e. The van der Waals surface area contributed by atoms with Crippen LogP contribution >= 0.6 is 0 Å². The van der Waals surface area contributed by atoms with Gasteiger partial charge < -0.3 is 16.0 Å². The molecule has 0 atom stereocenters. The van der Waals surface area contributed by atoms with Crippen molar-refractivity contribution in [1.29, 1.82) is 0 Å². The second-order valence-electron chi connectivity index (χ2n) is 6.38. The SMILES string of the molecule is CCNC(=NCC(=O)Nc1ccccc1)NC1CCN(S(=O)(=O)C(F)(F)F)CC1. The van der Waals surface area contributed by atoms with Crippen molar-refractivity contribution in [3.05, 3.63) is 30.3 Å². The summed E-state index contributed by atoms with van der Waals surface area (Å²) in [7, 11) is -5.31. The average molecular weight is 435 g/mol. The van der Waals surface area contributed by atoms with Crippen LogP contribution in [0.1, 0.15) is 19.8 Å². The van der Waals surface area contributed by atoms with Crippen molar-refractivity contribution in [2.24, 2.45) is 4.99 Å². The molecule has 29 heavy (non-hydrogen) atoms. The first-order chi connectivity index (χ1) is 13.6. The molecule has 1 amide bonds. The van der Waals surface area contributed by atoms with E-state index in [-0.39, 0.29) is 44.4 Å². The van der Waals surface area contributed by atoms with Gasteiger partial charge in [0.2, 0.25) is 5.91 Å². The molecule has 0 bridgehead atoms. The number of carbonyl (C=O) groups excluding carboxylic acids is 1. The number of hydrogen-bond donors (Lipinski definition) is 3. The van der Waals surface area contributed by atoms with E-state index in [1.807, 2.05) is 13.0 Å². The van der Waals surface area contributed by atoms with E-state index in [1.165, 1.54) is 0 Å². The highest BCUT2D eigenvalue weighted by Gasteiger charge is 2.50. The van der Waals surface area contributed by atoms with E-state index in [9.17, 15) is 26.4 Å². The lowest BCUT2D eigenvalue weighted by Crippen LogP contribution is -2.51. The maximum atomic E-state index is 12.6. The van der Waals surface area contributed by atoms with Crippen LogP contribution in [-0.2, 0) is 14.8 Å². The number of hydrogen-bond acceptors (Lipinski definition) is 4. The molecule has 8 nitrogen and oxygen atoms in total. The Bertz CT molecular complexity index is 807. The van der Waals surface area contributed by atoms with Crippen LogP contribution in [0.4, 0.5) is 18.9 Å². The van der Waals surface area contributed by atoms with Crippen LogP contribution in [0, 0.1) is 0 Å². The number of nitrogens with one attached hydrogen (secondary N) is 3. The summed E-state index contributed by atoms with van der Waals surface area (Å²) in [5.74, 6) is 0.0207. The number of carbonyl (C=O) groups is 1. The summed E-state index contributed by atoms with van der Waals surface area (Å²) in [5, 5.41) is 8.70. The highest BCUT2D eigenvalue weighted by molar-refractivity contribution is 7.90. The normalized spacial score (nSPS) is 17.0. The molecule has 0 aromatic heterocycles. The zero-order chi connectivity index (χ0) is 21.5. The second kappa shape index (κ2) is 9.92. The fourth-order valence-electron chi connectivity index (χ4n) is 2.77. The number of halogens is 3. The lowest BCUT2D eigenvalue weighted by Gasteiger charge is -2.32. The quantitative estimate of drug-likeness (QED) is 0.464. The molecular weight excluding hydrogens is 411 g/mol. The smallest absolute Gasteiger partial charge is 0.357 e. The van der Waals surface area contributed by atoms with E-state index in [1.54, 1.807) is 24.3 Å². The molecule has 1 saturated heterocycles. The van der Waals surface area contributed by atoms with Crippen LogP contribution in [0.3, 0.4) is 0 Å². The number of aliphatic imine (C=N–C) groups is 1. The van der Waals surface area contributed by atoms with Gasteiger partial charge in [0.25, 0.3) is 0 Å². The molecule has 0 radical (unpaired) electrons. The fraction of sp³-hybridized carbons (Fsp3) is 0.529. The Balaban J connectivity index is 1.89. The van der Waals surface area contributed by atoms with Crippen molar-refractivity contribution in [3.63, 3.8) is 0 Å². The number of amides is 1. The van der Waals surface area contributed by atoms with Gasteiger partial charge in [0.05, 0.1) is 0 Å². The fourth-order valence-corrected chi connectivity index (χ4v) is 3.76. The van der Waals surface area contributed by atoms with Crippen molar-refractivity contribution >= 4 is 27.6 Å². The molecule has 0 saturated carbocycles. The summed E-state index contributed by atoms with van der Waals surface area (Å²) in [4.78, 5) is 16.2. The molecule has 2 rings (SSSR count). The molecule has 162 valence electrons. The van der Waals surface area contributed by atoms with E-state index in [0.717, 1.165) is 0 Å². The van der Waals surface area contributed by atoms with Crippen LogP contribution in [0.15, 0.2) is 35.3 Å². The van der Waals surface area contributed by atoms with Crippen LogP contribution in [0.5, 0.6) is 0 Å². The average Bonchev–Trinajstić information content (AvgIpc) is 2.66. The van der Waals surface area contributed by atoms with Crippen molar-refractivity contribution in [3.8, 4) is 0 Å². The predicted molar refractivity (Wildman–Crippen MR) is 104 cm³/mol. The molecule has 1 fully saturated rings. The predicted octanol–water partition coefficient (Wildman–Crippen LogP) is 1.49. The number of nitrogens with zero attached hydrogens (tertiary/aromatic N) is 2. The Morgan fingerprint density at radius 1 is 1.21 bits per heavy atom. The molecule has 1 aliphatic rings. The summed E-state index contributed by atoms with van der Waals surface area (Å²) in [6.07, 6.45) is 0.381. The summed E-state index contributed by atoms with van der Waals surface area (Å²) < 4.78 is 61.3. The zero-order valence-electron chi connectivity index (χ0n) is 15.9. The summed E-state index contributed by atoms with van der Waals surface area (Å²) in [6.45, 7) is 1.72. The third kappa shape index (κ3) is 6.60. The minimum Gasteiger partial charge on any atom is -0.357 e. The number of piperidine rings is 1. The lowest BCUT2D eigenvalue weighted by molar-refractivity contribution is -0.114. The van der Waals surface area contributed by atoms with Gasteiger partial charge in [-0.25, -0.2) is 13.4 Å². The minimum atomic E-state index is -5.31. The molecule has 1 aromatic carbocycles. The van der Waals surface area contributed by atoms with Gasteiger partial charge >= 0.3 is 15.5 Å². The van der Waals surface area contributed by atoms with E-state index < -0.39 is 15.5 Å². The minimum absolute atomic E-state index is 0.147. The topological polar surface area (TPSA) is 103 Å². The Morgan fingerprint density at radius 3 is 2.38 bits per heavy atom. The summed E-state index contributed by atoms with van der Waals surface area (Å²) in [5.41, 5.74) is -4.65. The number of benzene rings is 1. The molecule has 12 heteroatoms. The van der Waals surface area contributed by atoms with E-state index in [0.29, 0.717) is 22.5 Å². The molecule has 1 aliphatic heterocycles. The monoisotopic (exact) mass is 435 g/mol. The standard InChI is InChI=1S/C17H24F3N5O3S/c1-2-21-16(22-12-15(26)23-13-6-4-3-5-7-13)24-14-8-10-25(11-9-14)29(27,28)17(18,19)20/h3-7,14H,2,8-12H2,1H3,(H,23,26)(H2,21,22,24). The largest absolute Gasteiger partial charge is 0.511 e. The van der Waals surface area contributed by atoms with Crippen LogP contribution in [0.25, 0.3) is 0 Å². The molecule has 0 unspecified atom stereocenters. The zero-order valence-corrected chi connectivity index (χ0v) is 16.7. The van der Waals surface area contributed by atoms with E-state index in [2.05, 4.69) is 20.9 Å². The number of alkyl halides is 3. The number of guanidine groups is 1. The van der Waals surface area contributed by atoms with Crippen molar-refractivity contribution in [2.45, 2.75) is 31.3 Å². The lowest BCUT2D eigenvalue weighted by atomic mass is 10.1. The molecule has 0 aliphatic carbocycles. The van der Waals surface area contributed by atoms with Crippen molar-refractivity contribution in [2.75, 3.05) is 31.5 Å². The van der Waals surface area contributed by atoms with Gasteiger partial charge in [-0.3, -0.25) is 4.79 Å². The Kier molecular flexibility index (Phi) is 7.85. The first kappa shape index (κ1) is 22.9. The number of anilines is 1. The van der Waals surface area contributed by atoms with Crippen LogP contribution in [-0.4, -0.2) is 62.3 Å². The third-order valence-electron chi connectivity index (χ3n) is 4.21. The van der Waals surface area contributed by atoms with Crippen molar-refractivity contribution in [1.82, 2.24) is 14.9 Å². The van der Waals surface area contributed by atoms with Gasteiger partial charge in [0.1, 0.15) is 6.54 Å². The van der Waals surface area contributed by atoms with Crippen molar-refractivity contribution < 1.29 is 26.4 Å². The first-order valence-electron chi connectivity index (χ1n) is 9.09. The van der Waals surface area contributed by atoms with Gasteiger partial charge in [0, 0.05) is 31.4 Å². The van der Waals surface area contributed by atoms with E-state index in [4.69, 9.17) is 0 Å². The van der Waals surface area contributed by atoms with E-state index >= 15 is 0 Å². The van der Waals surface area contributed by atoms with Gasteiger partial charge in [-0.2, -0.15) is 17.5 Å². The Morgan fingerprint density at radius 2 is 1.83 bits per heavy atom. The molecule has 3 N–H and O–H groups in total. The highest BCUT2D eigenvalue weighted by Crippen LogP contribution is 2.28. The van der Waals surface area contributed by atoms with Gasteiger partial charge in [0.15, 0.2) is 5.96 Å². The summed E-state index contributed by atoms with van der Waals surface area (Å²) in [6, 6.07) is 8.63. The number of sulfonamides is 1. The molecule has 1 heterocycles. The number of para-hydroxylation sites is 1. The molecule has 0 spiro atoms. The van der Waals surface area contributed by atoms with Crippen LogP contribution in [0.2, 0.25) is 0 Å². The summed E-state index contributed by atoms with van der Waals surface area (Å²) >= 11 is 0. The maximum absolute atomic E-state index is 12.6. The Labute approximate surface area is 167 Å². The molecule has 1 aromatic rings. The first-order valence-corrected chi connectivity index (χ1v) is 10.5. The van der Waals surface area contributed by atoms with Crippen LogP contribution < -0.4 is 16.0 Å². The second-order valence-corrected chi connectivity index (χ2v) is 8.31. The highest BCUT2D eigenvalue weighted by atomic mass is 32.2. The Hall–Kier alpha value is -2.34. The van der Waals surface area contributed by atoms with Gasteiger partial charge in [-0.1, -0.05) is 18.2 Å². The molecular formula is C17H24F3N5O3S. The van der Waals surface area contributed by atoms with Gasteiger partial charge in [-0.15, -0.1) is 0 Å². The number of rotatable bonds is 6.